The van der Waals surface area contributed by atoms with E-state index in [1.165, 1.54) is 16.5 Å². The number of aldehydes is 1. The van der Waals surface area contributed by atoms with E-state index in [0.29, 0.717) is 0 Å². The molecule has 0 N–H and O–H groups in total. The molecule has 0 radical (unpaired) electrons. The number of fused-ring (bicyclic) bond motifs is 2. The molecule has 3 nitrogen and oxygen atoms in total. The lowest BCUT2D eigenvalue weighted by Gasteiger charge is -2.31. The minimum absolute atomic E-state index is 0.725. The maximum Gasteiger partial charge on any atom is 0.150 e. The lowest BCUT2D eigenvalue weighted by atomic mass is 9.89. The third-order valence-corrected chi connectivity index (χ3v) is 5.60. The number of anilines is 1. The van der Waals surface area contributed by atoms with Gasteiger partial charge in [-0.2, -0.15) is 0 Å². The van der Waals surface area contributed by atoms with E-state index in [0.717, 1.165) is 60.1 Å². The first-order valence-electron chi connectivity index (χ1n) is 9.68. The molecule has 0 amide bonds. The summed E-state index contributed by atoms with van der Waals surface area (Å²) < 4.78 is 5.57. The molecular formula is C25H21NO2. The summed E-state index contributed by atoms with van der Waals surface area (Å²) in [6.45, 7) is 3.16. The van der Waals surface area contributed by atoms with E-state index in [4.69, 9.17) is 4.74 Å². The number of ether oxygens (including phenoxy) is 1. The molecule has 0 aromatic heterocycles. The van der Waals surface area contributed by atoms with Gasteiger partial charge in [0, 0.05) is 35.5 Å². The Hall–Kier alpha value is -3.17. The summed E-state index contributed by atoms with van der Waals surface area (Å²) in [6, 6.07) is 25.1. The Morgan fingerprint density at radius 2 is 1.32 bits per heavy atom. The van der Waals surface area contributed by atoms with Crippen molar-refractivity contribution in [2.24, 2.45) is 0 Å². The van der Waals surface area contributed by atoms with Gasteiger partial charge in [0.15, 0.2) is 6.29 Å². The summed E-state index contributed by atoms with van der Waals surface area (Å²) >= 11 is 0. The van der Waals surface area contributed by atoms with Crippen LogP contribution in [-0.2, 0) is 4.74 Å². The van der Waals surface area contributed by atoms with Crippen LogP contribution in [0, 0.1) is 0 Å². The average molecular weight is 367 g/mol. The third-order valence-electron chi connectivity index (χ3n) is 5.60. The van der Waals surface area contributed by atoms with Crippen molar-refractivity contribution in [2.75, 3.05) is 31.2 Å². The molecule has 28 heavy (non-hydrogen) atoms. The maximum atomic E-state index is 12.0. The number of morpholine rings is 1. The van der Waals surface area contributed by atoms with Gasteiger partial charge < -0.3 is 9.64 Å². The zero-order valence-corrected chi connectivity index (χ0v) is 15.6. The van der Waals surface area contributed by atoms with Gasteiger partial charge in [-0.25, -0.2) is 0 Å². The fraction of sp³-hybridized carbons (Fsp3) is 0.160. The van der Waals surface area contributed by atoms with E-state index in [1.54, 1.807) is 0 Å². The Balaban J connectivity index is 1.90. The average Bonchev–Trinajstić information content (AvgIpc) is 2.78. The van der Waals surface area contributed by atoms with E-state index in [-0.39, 0.29) is 0 Å². The monoisotopic (exact) mass is 367 g/mol. The summed E-state index contributed by atoms with van der Waals surface area (Å²) in [6.07, 6.45) is 0.979. The third kappa shape index (κ3) is 2.76. The van der Waals surface area contributed by atoms with E-state index in [1.807, 2.05) is 24.3 Å². The summed E-state index contributed by atoms with van der Waals surface area (Å²) in [5, 5.41) is 4.60. The number of hydrogen-bond donors (Lipinski definition) is 0. The van der Waals surface area contributed by atoms with Crippen LogP contribution in [0.5, 0.6) is 0 Å². The van der Waals surface area contributed by atoms with Crippen LogP contribution in [0.2, 0.25) is 0 Å². The first-order chi connectivity index (χ1) is 13.9. The zero-order valence-electron chi connectivity index (χ0n) is 15.6. The second-order valence-electron chi connectivity index (χ2n) is 7.15. The maximum absolute atomic E-state index is 12.0. The van der Waals surface area contributed by atoms with Crippen molar-refractivity contribution in [3.8, 4) is 11.1 Å². The molecule has 4 aromatic rings. The highest BCUT2D eigenvalue weighted by molar-refractivity contribution is 6.14. The molecule has 1 fully saturated rings. The quantitative estimate of drug-likeness (QED) is 0.460. The van der Waals surface area contributed by atoms with Gasteiger partial charge in [-0.15, -0.1) is 0 Å². The molecule has 3 heteroatoms. The Kier molecular flexibility index (Phi) is 4.30. The lowest BCUT2D eigenvalue weighted by molar-refractivity contribution is 0.112. The number of nitrogens with zero attached hydrogens (tertiary/aromatic N) is 1. The summed E-state index contributed by atoms with van der Waals surface area (Å²) in [7, 11) is 0. The predicted octanol–water partition coefficient (Wildman–Crippen LogP) is 5.31. The van der Waals surface area contributed by atoms with Crippen LogP contribution >= 0.6 is 0 Å². The van der Waals surface area contributed by atoms with Crippen LogP contribution in [0.4, 0.5) is 5.69 Å². The molecule has 5 rings (SSSR count). The smallest absolute Gasteiger partial charge is 0.150 e. The van der Waals surface area contributed by atoms with Crippen molar-refractivity contribution < 1.29 is 9.53 Å². The van der Waals surface area contributed by atoms with Gasteiger partial charge in [0.1, 0.15) is 0 Å². The number of hydrogen-bond acceptors (Lipinski definition) is 3. The van der Waals surface area contributed by atoms with Crippen molar-refractivity contribution in [3.05, 3.63) is 78.4 Å². The SMILES string of the molecule is O=Cc1ccc2ccccc2c1-c1c(N2CCOCC2)ccc2ccccc12. The molecule has 0 atom stereocenters. The minimum Gasteiger partial charge on any atom is -0.378 e. The van der Waals surface area contributed by atoms with Crippen molar-refractivity contribution >= 4 is 33.5 Å². The normalized spacial score (nSPS) is 14.5. The van der Waals surface area contributed by atoms with Crippen LogP contribution < -0.4 is 4.90 Å². The standard InChI is InChI=1S/C25H21NO2/c27-17-20-10-9-18-5-1-3-7-21(18)24(20)25-22-8-4-2-6-19(22)11-12-23(25)26-13-15-28-16-14-26/h1-12,17H,13-16H2. The second kappa shape index (κ2) is 7.10. The molecule has 0 unspecified atom stereocenters. The minimum atomic E-state index is 0.725. The van der Waals surface area contributed by atoms with E-state index < -0.39 is 0 Å². The van der Waals surface area contributed by atoms with Crippen LogP contribution in [0.15, 0.2) is 72.8 Å². The van der Waals surface area contributed by atoms with Crippen molar-refractivity contribution in [3.63, 3.8) is 0 Å². The van der Waals surface area contributed by atoms with E-state index in [9.17, 15) is 4.79 Å². The molecule has 138 valence electrons. The molecule has 1 heterocycles. The number of carbonyl (C=O) groups is 1. The van der Waals surface area contributed by atoms with E-state index in [2.05, 4.69) is 53.4 Å². The van der Waals surface area contributed by atoms with Crippen LogP contribution in [0.1, 0.15) is 10.4 Å². The molecule has 1 aliphatic rings. The number of rotatable bonds is 3. The van der Waals surface area contributed by atoms with E-state index >= 15 is 0 Å². The van der Waals surface area contributed by atoms with Gasteiger partial charge >= 0.3 is 0 Å². The van der Waals surface area contributed by atoms with Gasteiger partial charge in [0.05, 0.1) is 13.2 Å². The Morgan fingerprint density at radius 3 is 2.00 bits per heavy atom. The molecule has 1 aliphatic heterocycles. The Labute approximate surface area is 164 Å². The van der Waals surface area contributed by atoms with Crippen molar-refractivity contribution in [2.45, 2.75) is 0 Å². The van der Waals surface area contributed by atoms with Crippen LogP contribution in [0.3, 0.4) is 0 Å². The summed E-state index contributed by atoms with van der Waals surface area (Å²) in [5.41, 5.74) is 4.05. The largest absolute Gasteiger partial charge is 0.378 e. The molecular weight excluding hydrogens is 346 g/mol. The van der Waals surface area contributed by atoms with Gasteiger partial charge in [-0.3, -0.25) is 4.79 Å². The van der Waals surface area contributed by atoms with Gasteiger partial charge in [-0.1, -0.05) is 66.7 Å². The summed E-state index contributed by atoms with van der Waals surface area (Å²) in [4.78, 5) is 14.4. The molecule has 1 saturated heterocycles. The fourth-order valence-corrected chi connectivity index (χ4v) is 4.26. The molecule has 0 spiro atoms. The Bertz CT molecular complexity index is 1180. The van der Waals surface area contributed by atoms with Gasteiger partial charge in [-0.05, 0) is 27.6 Å². The highest BCUT2D eigenvalue weighted by Gasteiger charge is 2.21. The topological polar surface area (TPSA) is 29.5 Å². The molecule has 4 aromatic carbocycles. The highest BCUT2D eigenvalue weighted by Crippen LogP contribution is 2.42. The molecule has 0 aliphatic carbocycles. The van der Waals surface area contributed by atoms with Gasteiger partial charge in [0.2, 0.25) is 0 Å². The Morgan fingerprint density at radius 1 is 0.714 bits per heavy atom. The second-order valence-corrected chi connectivity index (χ2v) is 7.15. The predicted molar refractivity (Wildman–Crippen MR) is 115 cm³/mol. The number of carbonyl (C=O) groups excluding carboxylic acids is 1. The van der Waals surface area contributed by atoms with Crippen molar-refractivity contribution in [1.29, 1.82) is 0 Å². The summed E-state index contributed by atoms with van der Waals surface area (Å²) in [5.74, 6) is 0. The molecule has 0 bridgehead atoms. The highest BCUT2D eigenvalue weighted by atomic mass is 16.5. The van der Waals surface area contributed by atoms with Crippen molar-refractivity contribution in [1.82, 2.24) is 0 Å². The first-order valence-corrected chi connectivity index (χ1v) is 9.68. The zero-order chi connectivity index (χ0) is 18.9. The number of benzene rings is 4. The molecule has 0 saturated carbocycles. The lowest BCUT2D eigenvalue weighted by Crippen LogP contribution is -2.36. The fourth-order valence-electron chi connectivity index (χ4n) is 4.26. The first kappa shape index (κ1) is 17.0. The van der Waals surface area contributed by atoms with Crippen LogP contribution in [0.25, 0.3) is 32.7 Å². The van der Waals surface area contributed by atoms with Gasteiger partial charge in [0.25, 0.3) is 0 Å². The van der Waals surface area contributed by atoms with Crippen LogP contribution in [-0.4, -0.2) is 32.6 Å².